The fraction of sp³-hybridized carbons (Fsp3) is 1.00. The largest absolute Gasteiger partial charge is 0.377 e. The summed E-state index contributed by atoms with van der Waals surface area (Å²) in [5, 5.41) is 3.65. The molecule has 0 radical (unpaired) electrons. The number of rotatable bonds is 7. The minimum absolute atomic E-state index is 0.235. The van der Waals surface area contributed by atoms with Gasteiger partial charge in [0.15, 0.2) is 0 Å². The van der Waals surface area contributed by atoms with Crippen molar-refractivity contribution in [3.05, 3.63) is 0 Å². The number of hydrogen-bond acceptors (Lipinski definition) is 2. The first-order chi connectivity index (χ1) is 7.34. The molecule has 0 aliphatic heterocycles. The Morgan fingerprint density at radius 1 is 1.12 bits per heavy atom. The van der Waals surface area contributed by atoms with E-state index < -0.39 is 0 Å². The molecule has 0 saturated carbocycles. The molecule has 0 amide bonds. The second-order valence-corrected chi connectivity index (χ2v) is 5.96. The molecule has 2 atom stereocenters. The normalized spacial score (nSPS) is 16.5. The standard InChI is InChI=1S/C14H31NO/c1-8-10-15-13(14(5,6)7)12(11(3)4)16-9-2/h11-13,15H,8-10H2,1-7H3. The van der Waals surface area contributed by atoms with Crippen LogP contribution >= 0.6 is 0 Å². The quantitative estimate of drug-likeness (QED) is 0.722. The van der Waals surface area contributed by atoms with Crippen LogP contribution in [0.25, 0.3) is 0 Å². The second kappa shape index (κ2) is 7.29. The van der Waals surface area contributed by atoms with E-state index in [4.69, 9.17) is 4.74 Å². The molecule has 0 aromatic rings. The van der Waals surface area contributed by atoms with Crippen LogP contribution in [-0.2, 0) is 4.74 Å². The van der Waals surface area contributed by atoms with Crippen molar-refractivity contribution in [2.24, 2.45) is 11.3 Å². The van der Waals surface area contributed by atoms with E-state index in [1.165, 1.54) is 6.42 Å². The third-order valence-electron chi connectivity index (χ3n) is 2.89. The average molecular weight is 229 g/mol. The molecule has 0 bridgehead atoms. The maximum absolute atomic E-state index is 5.93. The van der Waals surface area contributed by atoms with Crippen LogP contribution in [0.15, 0.2) is 0 Å². The van der Waals surface area contributed by atoms with Gasteiger partial charge in [-0.2, -0.15) is 0 Å². The summed E-state index contributed by atoms with van der Waals surface area (Å²) < 4.78 is 5.93. The lowest BCUT2D eigenvalue weighted by Gasteiger charge is -2.39. The molecule has 2 nitrogen and oxygen atoms in total. The van der Waals surface area contributed by atoms with Crippen LogP contribution in [0.1, 0.15) is 54.9 Å². The van der Waals surface area contributed by atoms with Crippen molar-refractivity contribution < 1.29 is 4.74 Å². The highest BCUT2D eigenvalue weighted by Gasteiger charge is 2.33. The van der Waals surface area contributed by atoms with Crippen molar-refractivity contribution in [3.8, 4) is 0 Å². The summed E-state index contributed by atoms with van der Waals surface area (Å²) in [6.07, 6.45) is 1.47. The summed E-state index contributed by atoms with van der Waals surface area (Å²) in [5.41, 5.74) is 0.235. The Hall–Kier alpha value is -0.0800. The average Bonchev–Trinajstić information content (AvgIpc) is 2.14. The van der Waals surface area contributed by atoms with Gasteiger partial charge in [-0.3, -0.25) is 0 Å². The zero-order chi connectivity index (χ0) is 12.8. The van der Waals surface area contributed by atoms with E-state index in [0.717, 1.165) is 13.2 Å². The van der Waals surface area contributed by atoms with Gasteiger partial charge < -0.3 is 10.1 Å². The fourth-order valence-electron chi connectivity index (χ4n) is 2.08. The molecule has 0 rings (SSSR count). The van der Waals surface area contributed by atoms with Crippen molar-refractivity contribution in [3.63, 3.8) is 0 Å². The van der Waals surface area contributed by atoms with Gasteiger partial charge in [0.05, 0.1) is 6.10 Å². The molecule has 0 saturated heterocycles. The summed E-state index contributed by atoms with van der Waals surface area (Å²) in [5.74, 6) is 0.550. The first-order valence-corrected chi connectivity index (χ1v) is 6.69. The molecule has 2 unspecified atom stereocenters. The molecule has 0 fully saturated rings. The topological polar surface area (TPSA) is 21.3 Å². The molecule has 2 heteroatoms. The van der Waals surface area contributed by atoms with Crippen LogP contribution in [0.4, 0.5) is 0 Å². The van der Waals surface area contributed by atoms with Gasteiger partial charge in [-0.15, -0.1) is 0 Å². The molecule has 1 N–H and O–H groups in total. The second-order valence-electron chi connectivity index (χ2n) is 5.96. The molecule has 0 aromatic carbocycles. The predicted molar refractivity (Wildman–Crippen MR) is 71.8 cm³/mol. The first kappa shape index (κ1) is 15.9. The molecule has 0 aliphatic rings. The van der Waals surface area contributed by atoms with Crippen molar-refractivity contribution in [2.45, 2.75) is 67.0 Å². The number of ether oxygens (including phenoxy) is 1. The Morgan fingerprint density at radius 2 is 1.69 bits per heavy atom. The van der Waals surface area contributed by atoms with Gasteiger partial charge in [0.2, 0.25) is 0 Å². The molecular formula is C14H31NO. The highest BCUT2D eigenvalue weighted by molar-refractivity contribution is 4.89. The maximum Gasteiger partial charge on any atom is 0.0755 e. The summed E-state index contributed by atoms with van der Waals surface area (Å²) >= 11 is 0. The summed E-state index contributed by atoms with van der Waals surface area (Å²) in [4.78, 5) is 0. The van der Waals surface area contributed by atoms with E-state index in [1.807, 2.05) is 0 Å². The van der Waals surface area contributed by atoms with Gasteiger partial charge in [0, 0.05) is 12.6 Å². The van der Waals surface area contributed by atoms with E-state index in [0.29, 0.717) is 18.1 Å². The Labute approximate surface area is 102 Å². The van der Waals surface area contributed by atoms with Gasteiger partial charge >= 0.3 is 0 Å². The van der Waals surface area contributed by atoms with Crippen LogP contribution in [0, 0.1) is 11.3 Å². The highest BCUT2D eigenvalue weighted by atomic mass is 16.5. The summed E-state index contributed by atoms with van der Waals surface area (Å²) in [6, 6.07) is 0.424. The summed E-state index contributed by atoms with van der Waals surface area (Å²) in [7, 11) is 0. The van der Waals surface area contributed by atoms with E-state index in [9.17, 15) is 0 Å². The highest BCUT2D eigenvalue weighted by Crippen LogP contribution is 2.27. The zero-order valence-corrected chi connectivity index (χ0v) is 12.3. The third-order valence-corrected chi connectivity index (χ3v) is 2.89. The Kier molecular flexibility index (Phi) is 7.25. The molecule has 0 aromatic heterocycles. The Morgan fingerprint density at radius 3 is 2.00 bits per heavy atom. The lowest BCUT2D eigenvalue weighted by Crippen LogP contribution is -2.52. The lowest BCUT2D eigenvalue weighted by molar-refractivity contribution is -0.0249. The molecule has 0 aliphatic carbocycles. The van der Waals surface area contributed by atoms with Gasteiger partial charge in [-0.1, -0.05) is 41.5 Å². The van der Waals surface area contributed by atoms with Gasteiger partial charge in [0.25, 0.3) is 0 Å². The van der Waals surface area contributed by atoms with Gasteiger partial charge in [-0.25, -0.2) is 0 Å². The van der Waals surface area contributed by atoms with Crippen LogP contribution in [0.5, 0.6) is 0 Å². The number of nitrogens with one attached hydrogen (secondary N) is 1. The van der Waals surface area contributed by atoms with Crippen LogP contribution in [0.3, 0.4) is 0 Å². The zero-order valence-electron chi connectivity index (χ0n) is 12.3. The smallest absolute Gasteiger partial charge is 0.0755 e. The van der Waals surface area contributed by atoms with E-state index in [2.05, 4.69) is 53.8 Å². The number of hydrogen-bond donors (Lipinski definition) is 1. The summed E-state index contributed by atoms with van der Waals surface area (Å²) in [6.45, 7) is 17.5. The van der Waals surface area contributed by atoms with Crippen molar-refractivity contribution in [1.29, 1.82) is 0 Å². The fourth-order valence-corrected chi connectivity index (χ4v) is 2.08. The van der Waals surface area contributed by atoms with Crippen LogP contribution < -0.4 is 5.32 Å². The molecule has 0 spiro atoms. The first-order valence-electron chi connectivity index (χ1n) is 6.69. The van der Waals surface area contributed by atoms with Gasteiger partial charge in [0.1, 0.15) is 0 Å². The minimum atomic E-state index is 0.235. The molecule has 16 heavy (non-hydrogen) atoms. The minimum Gasteiger partial charge on any atom is -0.377 e. The van der Waals surface area contributed by atoms with E-state index in [1.54, 1.807) is 0 Å². The molecular weight excluding hydrogens is 198 g/mol. The van der Waals surface area contributed by atoms with Crippen molar-refractivity contribution >= 4 is 0 Å². The van der Waals surface area contributed by atoms with Crippen LogP contribution in [-0.4, -0.2) is 25.3 Å². The Balaban J connectivity index is 4.67. The predicted octanol–water partition coefficient (Wildman–Crippen LogP) is 3.46. The maximum atomic E-state index is 5.93. The Bertz CT molecular complexity index is 172. The van der Waals surface area contributed by atoms with Crippen LogP contribution in [0.2, 0.25) is 0 Å². The van der Waals surface area contributed by atoms with Crippen molar-refractivity contribution in [2.75, 3.05) is 13.2 Å². The molecule has 0 heterocycles. The van der Waals surface area contributed by atoms with E-state index >= 15 is 0 Å². The monoisotopic (exact) mass is 229 g/mol. The van der Waals surface area contributed by atoms with Gasteiger partial charge in [-0.05, 0) is 31.2 Å². The third kappa shape index (κ3) is 5.31. The SMILES string of the molecule is CCCNC(C(OCC)C(C)C)C(C)(C)C. The lowest BCUT2D eigenvalue weighted by atomic mass is 9.80. The van der Waals surface area contributed by atoms with E-state index in [-0.39, 0.29) is 5.41 Å². The molecule has 98 valence electrons. The van der Waals surface area contributed by atoms with Crippen molar-refractivity contribution in [1.82, 2.24) is 5.32 Å².